The standard InChI is InChI=1S/C30H54N5O8P.Na/c1-4-5-6-7-8-9-10-11-12-13-14-15-16-17-18-41-21-25(40-3)23-44(38,39)42-22-27-26(33-34-31)19-28(43-27)35-20-24(2)29(36)32-30(35)37;/h20,25-28H,4-19,21-23H2,1-3H3,(H,38,39)(H,32,36,37);/q;+1/p-1/t25?,26-,27+,28+;/m0./s1. The van der Waals surface area contributed by atoms with Crippen LogP contribution in [-0.2, 0) is 23.3 Å². The number of rotatable bonds is 25. The Hall–Kier alpha value is -0.980. The van der Waals surface area contributed by atoms with Crippen molar-refractivity contribution in [2.24, 2.45) is 5.11 Å². The maximum absolute atomic E-state index is 12.7. The van der Waals surface area contributed by atoms with Gasteiger partial charge in [-0.25, -0.2) is 4.79 Å². The van der Waals surface area contributed by atoms with E-state index < -0.39 is 49.9 Å². The van der Waals surface area contributed by atoms with Crippen LogP contribution in [0.1, 0.15) is 115 Å². The molecule has 0 saturated carbocycles. The smallest absolute Gasteiger partial charge is 0.778 e. The monoisotopic (exact) mass is 665 g/mol. The number of azide groups is 1. The minimum atomic E-state index is -4.36. The molecule has 0 bridgehead atoms. The van der Waals surface area contributed by atoms with Crippen LogP contribution in [-0.4, -0.2) is 60.9 Å². The Balaban J connectivity index is 0.0000101. The van der Waals surface area contributed by atoms with Gasteiger partial charge in [-0.05, 0) is 18.9 Å². The number of aromatic amines is 1. The van der Waals surface area contributed by atoms with Crippen LogP contribution < -0.4 is 45.7 Å². The fourth-order valence-corrected chi connectivity index (χ4v) is 6.55. The quantitative estimate of drug-likeness (QED) is 0.0413. The molecule has 1 fully saturated rings. The Morgan fingerprint density at radius 2 is 1.67 bits per heavy atom. The van der Waals surface area contributed by atoms with Gasteiger partial charge in [0.25, 0.3) is 5.56 Å². The minimum absolute atomic E-state index is 0. The third kappa shape index (κ3) is 17.1. The van der Waals surface area contributed by atoms with E-state index in [0.29, 0.717) is 12.2 Å². The summed E-state index contributed by atoms with van der Waals surface area (Å²) in [5.41, 5.74) is 8.05. The molecule has 2 unspecified atom stereocenters. The predicted octanol–water partition coefficient (Wildman–Crippen LogP) is 2.90. The molecule has 1 aliphatic rings. The van der Waals surface area contributed by atoms with Crippen molar-refractivity contribution in [1.82, 2.24) is 9.55 Å². The summed E-state index contributed by atoms with van der Waals surface area (Å²) >= 11 is 0. The Bertz CT molecular complexity index is 1160. The van der Waals surface area contributed by atoms with E-state index in [1.54, 1.807) is 6.92 Å². The molecule has 13 nitrogen and oxygen atoms in total. The molecule has 0 aliphatic carbocycles. The summed E-state index contributed by atoms with van der Waals surface area (Å²) in [5, 5.41) is 3.69. The molecular weight excluding hydrogens is 612 g/mol. The molecule has 5 atom stereocenters. The SMILES string of the molecule is CCCCCCCCCCCCCCCCOCC(CP(=O)([O-])OC[C@H]1O[C@@H](n2cc(C)c(=O)[nH]c2=O)C[C@@H]1N=[N+]=[N-])OC.[Na+]. The van der Waals surface area contributed by atoms with Gasteiger partial charge >= 0.3 is 35.2 Å². The Labute approximate surface area is 289 Å². The van der Waals surface area contributed by atoms with Gasteiger partial charge < -0.3 is 28.2 Å². The number of nitrogens with zero attached hydrogens (tertiary/aromatic N) is 4. The molecule has 0 amide bonds. The molecule has 0 aromatic carbocycles. The van der Waals surface area contributed by atoms with Crippen LogP contribution in [0.25, 0.3) is 10.4 Å². The number of nitrogens with one attached hydrogen (secondary N) is 1. The minimum Gasteiger partial charge on any atom is -0.778 e. The number of methoxy groups -OCH3 is 1. The summed E-state index contributed by atoms with van der Waals surface area (Å²) in [7, 11) is -2.93. The molecule has 1 aromatic heterocycles. The van der Waals surface area contributed by atoms with Crippen LogP contribution in [0.2, 0.25) is 0 Å². The molecular formula is C30H53N5NaO8P. The van der Waals surface area contributed by atoms with E-state index in [9.17, 15) is 19.0 Å². The molecule has 1 aliphatic heterocycles. The van der Waals surface area contributed by atoms with Gasteiger partial charge in [-0.15, -0.1) is 0 Å². The number of aromatic nitrogens is 2. The van der Waals surface area contributed by atoms with Crippen molar-refractivity contribution < 1.29 is 57.8 Å². The summed E-state index contributed by atoms with van der Waals surface area (Å²) in [6, 6.07) is -0.768. The third-order valence-corrected chi connectivity index (χ3v) is 9.40. The van der Waals surface area contributed by atoms with Gasteiger partial charge in [0.15, 0.2) is 0 Å². The van der Waals surface area contributed by atoms with Gasteiger partial charge in [0.05, 0.1) is 31.5 Å². The Kier molecular flexibility index (Phi) is 22.6. The Morgan fingerprint density at radius 3 is 2.22 bits per heavy atom. The first kappa shape index (κ1) is 42.0. The molecule has 15 heteroatoms. The zero-order valence-electron chi connectivity index (χ0n) is 27.8. The number of hydrogen-bond acceptors (Lipinski definition) is 9. The summed E-state index contributed by atoms with van der Waals surface area (Å²) < 4.78 is 35.9. The first-order valence-electron chi connectivity index (χ1n) is 16.3. The predicted molar refractivity (Wildman–Crippen MR) is 168 cm³/mol. The number of unbranched alkanes of at least 4 members (excludes halogenated alkanes) is 13. The van der Waals surface area contributed by atoms with E-state index in [0.717, 1.165) is 12.8 Å². The molecule has 2 heterocycles. The van der Waals surface area contributed by atoms with Crippen molar-refractivity contribution in [3.8, 4) is 0 Å². The molecule has 252 valence electrons. The summed E-state index contributed by atoms with van der Waals surface area (Å²) in [5.74, 6) is 0. The fraction of sp³-hybridized carbons (Fsp3) is 0.867. The second-order valence-corrected chi connectivity index (χ2v) is 13.6. The molecule has 45 heavy (non-hydrogen) atoms. The van der Waals surface area contributed by atoms with E-state index in [4.69, 9.17) is 24.3 Å². The number of H-pyrrole nitrogens is 1. The molecule has 1 aromatic rings. The van der Waals surface area contributed by atoms with Crippen molar-refractivity contribution in [3.63, 3.8) is 0 Å². The number of aryl methyl sites for hydroxylation is 1. The molecule has 0 spiro atoms. The van der Waals surface area contributed by atoms with Crippen molar-refractivity contribution in [3.05, 3.63) is 43.0 Å². The number of ether oxygens (including phenoxy) is 3. The molecule has 1 saturated heterocycles. The van der Waals surface area contributed by atoms with Gasteiger partial charge in [-0.1, -0.05) is 95.5 Å². The van der Waals surface area contributed by atoms with Crippen molar-refractivity contribution in [1.29, 1.82) is 0 Å². The largest absolute Gasteiger partial charge is 1.00 e. The van der Waals surface area contributed by atoms with Crippen molar-refractivity contribution in [2.75, 3.05) is 33.1 Å². The van der Waals surface area contributed by atoms with Gasteiger partial charge in [-0.2, -0.15) is 0 Å². The summed E-state index contributed by atoms with van der Waals surface area (Å²) in [6.07, 6.45) is 16.5. The normalized spacial score (nSPS) is 19.9. The van der Waals surface area contributed by atoms with Crippen LogP contribution in [0.5, 0.6) is 0 Å². The second-order valence-electron chi connectivity index (χ2n) is 11.7. The van der Waals surface area contributed by atoms with Crippen LogP contribution in [0.4, 0.5) is 0 Å². The fourth-order valence-electron chi connectivity index (χ4n) is 5.32. The van der Waals surface area contributed by atoms with E-state index in [-0.39, 0.29) is 48.7 Å². The van der Waals surface area contributed by atoms with Gasteiger partial charge in [0.2, 0.25) is 0 Å². The van der Waals surface area contributed by atoms with Crippen LogP contribution in [0.15, 0.2) is 20.9 Å². The topological polar surface area (TPSA) is 181 Å². The van der Waals surface area contributed by atoms with Gasteiger partial charge in [0.1, 0.15) is 13.8 Å². The maximum Gasteiger partial charge on any atom is 1.00 e. The molecule has 1 N–H and O–H groups in total. The summed E-state index contributed by atoms with van der Waals surface area (Å²) in [4.78, 5) is 41.6. The van der Waals surface area contributed by atoms with Crippen molar-refractivity contribution >= 4 is 7.60 Å². The van der Waals surface area contributed by atoms with Gasteiger partial charge in [0, 0.05) is 43.0 Å². The molecule has 2 rings (SSSR count). The second kappa shape index (κ2) is 24.2. The molecule has 0 radical (unpaired) electrons. The van der Waals surface area contributed by atoms with E-state index in [1.165, 1.54) is 94.9 Å². The summed E-state index contributed by atoms with van der Waals surface area (Å²) in [6.45, 7) is 4.06. The van der Waals surface area contributed by atoms with Crippen LogP contribution >= 0.6 is 7.60 Å². The van der Waals surface area contributed by atoms with Gasteiger partial charge in [-0.3, -0.25) is 14.3 Å². The van der Waals surface area contributed by atoms with E-state index >= 15 is 0 Å². The average molecular weight is 666 g/mol. The maximum atomic E-state index is 12.7. The van der Waals surface area contributed by atoms with Crippen LogP contribution in [0.3, 0.4) is 0 Å². The van der Waals surface area contributed by atoms with Crippen molar-refractivity contribution in [2.45, 2.75) is 135 Å². The first-order valence-corrected chi connectivity index (χ1v) is 18.0. The first-order chi connectivity index (χ1) is 21.2. The zero-order chi connectivity index (χ0) is 32.2. The van der Waals surface area contributed by atoms with Crippen LogP contribution in [0, 0.1) is 6.92 Å². The van der Waals surface area contributed by atoms with E-state index in [1.807, 2.05) is 0 Å². The average Bonchev–Trinajstić information content (AvgIpc) is 3.39. The zero-order valence-corrected chi connectivity index (χ0v) is 30.7. The Morgan fingerprint density at radius 1 is 1.09 bits per heavy atom. The van der Waals surface area contributed by atoms with E-state index in [2.05, 4.69) is 21.9 Å². The third-order valence-electron chi connectivity index (χ3n) is 8.00. The number of hydrogen-bond donors (Lipinski definition) is 1.